The quantitative estimate of drug-likeness (QED) is 0.809. The summed E-state index contributed by atoms with van der Waals surface area (Å²) in [6, 6.07) is 6.95. The highest BCUT2D eigenvalue weighted by molar-refractivity contribution is 5.47. The van der Waals surface area contributed by atoms with E-state index in [1.807, 2.05) is 12.1 Å². The fourth-order valence-corrected chi connectivity index (χ4v) is 5.17. The van der Waals surface area contributed by atoms with Gasteiger partial charge in [0.05, 0.1) is 18.4 Å². The number of rotatable bonds is 7. The molecule has 2 bridgehead atoms. The van der Waals surface area contributed by atoms with Crippen molar-refractivity contribution in [3.63, 3.8) is 0 Å². The predicted octanol–water partition coefficient (Wildman–Crippen LogP) is 2.76. The lowest BCUT2D eigenvalue weighted by atomic mass is 9.90. The molecule has 1 saturated heterocycles. The van der Waals surface area contributed by atoms with Gasteiger partial charge < -0.3 is 14.7 Å². The average Bonchev–Trinajstić information content (AvgIpc) is 3.26. The number of piperazine rings is 1. The summed E-state index contributed by atoms with van der Waals surface area (Å²) in [7, 11) is 0. The monoisotopic (exact) mass is 362 g/mol. The first-order chi connectivity index (χ1) is 12.7. The van der Waals surface area contributed by atoms with Crippen LogP contribution in [0.15, 0.2) is 24.3 Å². The van der Waals surface area contributed by atoms with Crippen LogP contribution in [0, 0.1) is 23.6 Å². The van der Waals surface area contributed by atoms with Crippen LogP contribution < -0.4 is 4.90 Å². The number of β-amino-alcohol motifs (C(OH)–C–C–N with tert-alkyl or cyclic N) is 1. The maximum absolute atomic E-state index is 13.9. The van der Waals surface area contributed by atoms with E-state index >= 15 is 0 Å². The van der Waals surface area contributed by atoms with Gasteiger partial charge in [0.1, 0.15) is 5.82 Å². The maximum Gasteiger partial charge on any atom is 0.146 e. The molecule has 1 aromatic rings. The van der Waals surface area contributed by atoms with Crippen molar-refractivity contribution in [3.05, 3.63) is 30.1 Å². The van der Waals surface area contributed by atoms with Crippen molar-refractivity contribution in [2.24, 2.45) is 17.8 Å². The second-order valence-electron chi connectivity index (χ2n) is 8.37. The van der Waals surface area contributed by atoms with Crippen molar-refractivity contribution in [2.45, 2.75) is 31.8 Å². The first kappa shape index (κ1) is 18.2. The van der Waals surface area contributed by atoms with Gasteiger partial charge in [0.25, 0.3) is 0 Å². The first-order valence-corrected chi connectivity index (χ1v) is 10.2. The summed E-state index contributed by atoms with van der Waals surface area (Å²) in [5.41, 5.74) is 0.682. The van der Waals surface area contributed by atoms with Gasteiger partial charge in [-0.3, -0.25) is 4.90 Å². The fraction of sp³-hybridized carbons (Fsp3) is 0.714. The van der Waals surface area contributed by atoms with Crippen LogP contribution in [0.5, 0.6) is 0 Å². The molecule has 0 amide bonds. The molecule has 4 rings (SSSR count). The number of halogens is 1. The Labute approximate surface area is 155 Å². The molecular weight excluding hydrogens is 331 g/mol. The lowest BCUT2D eigenvalue weighted by Crippen LogP contribution is -2.49. The number of ether oxygens (including phenoxy) is 1. The van der Waals surface area contributed by atoms with Gasteiger partial charge in [-0.2, -0.15) is 0 Å². The SMILES string of the molecule is O[C@@H](COC[C@@H]1C[C@@H]2CC[C@@H]1C2)CN1CCN(c2ccccc2F)CC1. The van der Waals surface area contributed by atoms with E-state index in [1.54, 1.807) is 6.07 Å². The number of fused-ring (bicyclic) bond motifs is 2. The third-order valence-corrected chi connectivity index (χ3v) is 6.56. The smallest absolute Gasteiger partial charge is 0.146 e. The van der Waals surface area contributed by atoms with E-state index in [0.29, 0.717) is 18.8 Å². The summed E-state index contributed by atoms with van der Waals surface area (Å²) in [5, 5.41) is 10.3. The molecule has 2 aliphatic carbocycles. The molecule has 4 nitrogen and oxygen atoms in total. The highest BCUT2D eigenvalue weighted by Gasteiger charge is 2.39. The van der Waals surface area contributed by atoms with E-state index < -0.39 is 6.10 Å². The Bertz CT molecular complexity index is 591. The summed E-state index contributed by atoms with van der Waals surface area (Å²) in [4.78, 5) is 4.34. The molecule has 0 radical (unpaired) electrons. The van der Waals surface area contributed by atoms with E-state index in [1.165, 1.54) is 31.7 Å². The van der Waals surface area contributed by atoms with Gasteiger partial charge in [-0.1, -0.05) is 18.6 Å². The number of hydrogen-bond acceptors (Lipinski definition) is 4. The highest BCUT2D eigenvalue weighted by atomic mass is 19.1. The van der Waals surface area contributed by atoms with Crippen molar-refractivity contribution in [1.82, 2.24) is 4.90 Å². The molecule has 4 atom stereocenters. The molecule has 3 fully saturated rings. The first-order valence-electron chi connectivity index (χ1n) is 10.2. The Morgan fingerprint density at radius 2 is 1.92 bits per heavy atom. The van der Waals surface area contributed by atoms with Crippen LogP contribution >= 0.6 is 0 Å². The lowest BCUT2D eigenvalue weighted by Gasteiger charge is -2.37. The lowest BCUT2D eigenvalue weighted by molar-refractivity contribution is -0.00275. The number of nitrogens with zero attached hydrogens (tertiary/aromatic N) is 2. The third kappa shape index (κ3) is 4.21. The summed E-state index contributed by atoms with van der Waals surface area (Å²) in [6.07, 6.45) is 5.10. The maximum atomic E-state index is 13.9. The minimum atomic E-state index is -0.436. The van der Waals surface area contributed by atoms with Gasteiger partial charge >= 0.3 is 0 Å². The fourth-order valence-electron chi connectivity index (χ4n) is 5.17. The minimum Gasteiger partial charge on any atom is -0.389 e. The Kier molecular flexibility index (Phi) is 5.77. The minimum absolute atomic E-state index is 0.157. The standard InChI is InChI=1S/C21H31FN2O2/c22-20-3-1-2-4-21(20)24-9-7-23(8-10-24)13-19(25)15-26-14-18-12-16-5-6-17(18)11-16/h1-4,16-19,25H,5-15H2/t16-,17-,18+,19-/m1/s1. The molecule has 0 spiro atoms. The van der Waals surface area contributed by atoms with Gasteiger partial charge in [-0.05, 0) is 49.1 Å². The Hall–Kier alpha value is -1.17. The van der Waals surface area contributed by atoms with Crippen LogP contribution in [-0.2, 0) is 4.74 Å². The molecule has 1 heterocycles. The van der Waals surface area contributed by atoms with E-state index in [0.717, 1.165) is 50.5 Å². The second kappa shape index (κ2) is 8.24. The molecule has 1 aromatic carbocycles. The Morgan fingerprint density at radius 3 is 2.62 bits per heavy atom. The van der Waals surface area contributed by atoms with Gasteiger partial charge in [0.2, 0.25) is 0 Å². The van der Waals surface area contributed by atoms with Crippen LogP contribution in [0.3, 0.4) is 0 Å². The summed E-state index contributed by atoms with van der Waals surface area (Å²) in [6.45, 7) is 5.16. The number of para-hydroxylation sites is 1. The average molecular weight is 362 g/mol. The Morgan fingerprint density at radius 1 is 1.12 bits per heavy atom. The molecule has 144 valence electrons. The van der Waals surface area contributed by atoms with E-state index in [2.05, 4.69) is 9.80 Å². The number of aliphatic hydroxyl groups excluding tert-OH is 1. The summed E-state index contributed by atoms with van der Waals surface area (Å²) >= 11 is 0. The zero-order chi connectivity index (χ0) is 17.9. The Balaban J connectivity index is 1.14. The van der Waals surface area contributed by atoms with E-state index in [-0.39, 0.29) is 5.82 Å². The summed E-state index contributed by atoms with van der Waals surface area (Å²) < 4.78 is 19.7. The topological polar surface area (TPSA) is 35.9 Å². The van der Waals surface area contributed by atoms with Gasteiger partial charge in [-0.15, -0.1) is 0 Å². The number of hydrogen-bond donors (Lipinski definition) is 1. The normalized spacial score (nSPS) is 30.1. The number of benzene rings is 1. The van der Waals surface area contributed by atoms with Crippen molar-refractivity contribution in [2.75, 3.05) is 50.8 Å². The molecule has 26 heavy (non-hydrogen) atoms. The van der Waals surface area contributed by atoms with E-state index in [4.69, 9.17) is 4.74 Å². The zero-order valence-corrected chi connectivity index (χ0v) is 15.5. The van der Waals surface area contributed by atoms with Crippen molar-refractivity contribution in [3.8, 4) is 0 Å². The van der Waals surface area contributed by atoms with Crippen molar-refractivity contribution < 1.29 is 14.2 Å². The van der Waals surface area contributed by atoms with Crippen LogP contribution in [0.2, 0.25) is 0 Å². The highest BCUT2D eigenvalue weighted by Crippen LogP contribution is 2.48. The third-order valence-electron chi connectivity index (χ3n) is 6.56. The van der Waals surface area contributed by atoms with Crippen molar-refractivity contribution in [1.29, 1.82) is 0 Å². The summed E-state index contributed by atoms with van der Waals surface area (Å²) in [5.74, 6) is 2.40. The molecule has 5 heteroatoms. The second-order valence-corrected chi connectivity index (χ2v) is 8.37. The molecule has 2 saturated carbocycles. The molecular formula is C21H31FN2O2. The van der Waals surface area contributed by atoms with Crippen molar-refractivity contribution >= 4 is 5.69 Å². The molecule has 0 aromatic heterocycles. The van der Waals surface area contributed by atoms with Crippen LogP contribution in [0.1, 0.15) is 25.7 Å². The largest absolute Gasteiger partial charge is 0.389 e. The molecule has 1 N–H and O–H groups in total. The van der Waals surface area contributed by atoms with Gasteiger partial charge in [0.15, 0.2) is 0 Å². The zero-order valence-electron chi connectivity index (χ0n) is 15.5. The number of aliphatic hydroxyl groups is 1. The molecule has 0 unspecified atom stereocenters. The van der Waals surface area contributed by atoms with Crippen LogP contribution in [-0.4, -0.2) is 62.0 Å². The van der Waals surface area contributed by atoms with Gasteiger partial charge in [0, 0.05) is 39.3 Å². The van der Waals surface area contributed by atoms with Crippen LogP contribution in [0.4, 0.5) is 10.1 Å². The molecule has 3 aliphatic rings. The predicted molar refractivity (Wildman–Crippen MR) is 101 cm³/mol. The van der Waals surface area contributed by atoms with Crippen LogP contribution in [0.25, 0.3) is 0 Å². The molecule has 1 aliphatic heterocycles. The van der Waals surface area contributed by atoms with Gasteiger partial charge in [-0.25, -0.2) is 4.39 Å². The number of anilines is 1. The van der Waals surface area contributed by atoms with E-state index in [9.17, 15) is 9.50 Å².